The van der Waals surface area contributed by atoms with E-state index in [0.29, 0.717) is 29.3 Å². The van der Waals surface area contributed by atoms with E-state index in [1.807, 2.05) is 6.92 Å². The molecule has 2 rings (SSSR count). The summed E-state index contributed by atoms with van der Waals surface area (Å²) < 4.78 is 29.7. The van der Waals surface area contributed by atoms with Crippen molar-refractivity contribution < 1.29 is 17.9 Å². The highest BCUT2D eigenvalue weighted by Crippen LogP contribution is 2.21. The molecule has 0 bridgehead atoms. The lowest BCUT2D eigenvalue weighted by atomic mass is 10.2. The van der Waals surface area contributed by atoms with Gasteiger partial charge in [-0.15, -0.1) is 0 Å². The second-order valence-electron chi connectivity index (χ2n) is 5.19. The van der Waals surface area contributed by atoms with Gasteiger partial charge in [0.15, 0.2) is 0 Å². The lowest BCUT2D eigenvalue weighted by Gasteiger charge is -2.17. The van der Waals surface area contributed by atoms with Crippen molar-refractivity contribution >= 4 is 27.3 Å². The van der Waals surface area contributed by atoms with Gasteiger partial charge in [-0.1, -0.05) is 6.07 Å². The molecule has 0 aliphatic rings. The van der Waals surface area contributed by atoms with Gasteiger partial charge in [-0.25, -0.2) is 8.42 Å². The fourth-order valence-corrected chi connectivity index (χ4v) is 2.54. The Kier molecular flexibility index (Phi) is 5.46. The lowest BCUT2D eigenvalue weighted by molar-refractivity contribution is 0.102. The van der Waals surface area contributed by atoms with Crippen molar-refractivity contribution in [2.75, 3.05) is 29.5 Å². The summed E-state index contributed by atoms with van der Waals surface area (Å²) >= 11 is 0. The van der Waals surface area contributed by atoms with E-state index in [0.717, 1.165) is 10.6 Å². The Morgan fingerprint density at radius 1 is 1.17 bits per heavy atom. The number of hydrogen-bond acceptors (Lipinski definition) is 4. The topological polar surface area (TPSA) is 75.7 Å². The molecule has 0 aliphatic carbocycles. The summed E-state index contributed by atoms with van der Waals surface area (Å²) in [6.45, 7) is 2.45. The molecule has 2 aromatic rings. The molecule has 0 heterocycles. The van der Waals surface area contributed by atoms with Crippen molar-refractivity contribution in [2.45, 2.75) is 6.92 Å². The highest BCUT2D eigenvalue weighted by molar-refractivity contribution is 7.92. The van der Waals surface area contributed by atoms with Crippen LogP contribution in [0.2, 0.25) is 0 Å². The van der Waals surface area contributed by atoms with Crippen LogP contribution in [-0.2, 0) is 10.0 Å². The van der Waals surface area contributed by atoms with Crippen molar-refractivity contribution in [1.29, 1.82) is 0 Å². The minimum atomic E-state index is -3.36. The van der Waals surface area contributed by atoms with Crippen LogP contribution in [0.1, 0.15) is 17.3 Å². The average molecular weight is 348 g/mol. The monoisotopic (exact) mass is 348 g/mol. The van der Waals surface area contributed by atoms with Crippen LogP contribution in [0.25, 0.3) is 0 Å². The first kappa shape index (κ1) is 17.8. The van der Waals surface area contributed by atoms with E-state index in [9.17, 15) is 13.2 Å². The third-order valence-corrected chi connectivity index (χ3v) is 4.60. The Labute approximate surface area is 142 Å². The number of nitrogens with zero attached hydrogens (tertiary/aromatic N) is 1. The molecular weight excluding hydrogens is 328 g/mol. The average Bonchev–Trinajstić information content (AvgIpc) is 2.54. The SMILES string of the molecule is CCOc1ccc(C(=O)Nc2cccc(N(C)S(C)(=O)=O)c2)cc1. The molecule has 0 spiro atoms. The fraction of sp³-hybridized carbons (Fsp3) is 0.235. The summed E-state index contributed by atoms with van der Waals surface area (Å²) in [6.07, 6.45) is 1.12. The third kappa shape index (κ3) is 4.48. The van der Waals surface area contributed by atoms with Crippen molar-refractivity contribution in [3.05, 3.63) is 54.1 Å². The smallest absolute Gasteiger partial charge is 0.255 e. The second-order valence-corrected chi connectivity index (χ2v) is 7.21. The number of carbonyl (C=O) groups is 1. The molecule has 1 amide bonds. The van der Waals surface area contributed by atoms with E-state index < -0.39 is 10.0 Å². The van der Waals surface area contributed by atoms with Gasteiger partial charge in [0, 0.05) is 18.3 Å². The van der Waals surface area contributed by atoms with E-state index in [-0.39, 0.29) is 5.91 Å². The summed E-state index contributed by atoms with van der Waals surface area (Å²) in [4.78, 5) is 12.3. The van der Waals surface area contributed by atoms with Gasteiger partial charge >= 0.3 is 0 Å². The molecule has 24 heavy (non-hydrogen) atoms. The second kappa shape index (κ2) is 7.35. The van der Waals surface area contributed by atoms with Crippen LogP contribution in [0.3, 0.4) is 0 Å². The van der Waals surface area contributed by atoms with Crippen molar-refractivity contribution in [2.24, 2.45) is 0 Å². The summed E-state index contributed by atoms with van der Waals surface area (Å²) in [5, 5.41) is 2.76. The largest absolute Gasteiger partial charge is 0.494 e. The summed E-state index contributed by atoms with van der Waals surface area (Å²) in [6, 6.07) is 13.5. The Bertz CT molecular complexity index is 817. The van der Waals surface area contributed by atoms with Crippen LogP contribution in [0.4, 0.5) is 11.4 Å². The lowest BCUT2D eigenvalue weighted by Crippen LogP contribution is -2.24. The van der Waals surface area contributed by atoms with Crippen molar-refractivity contribution in [3.8, 4) is 5.75 Å². The summed E-state index contributed by atoms with van der Waals surface area (Å²) in [5.41, 5.74) is 1.48. The van der Waals surface area contributed by atoms with Gasteiger partial charge in [0.05, 0.1) is 18.6 Å². The standard InChI is InChI=1S/C17H20N2O4S/c1-4-23-16-10-8-13(9-11-16)17(20)18-14-6-5-7-15(12-14)19(2)24(3,21)22/h5-12H,4H2,1-3H3,(H,18,20). The molecule has 0 atom stereocenters. The van der Waals surface area contributed by atoms with Gasteiger partial charge < -0.3 is 10.1 Å². The molecule has 0 radical (unpaired) electrons. The maximum Gasteiger partial charge on any atom is 0.255 e. The van der Waals surface area contributed by atoms with Crippen LogP contribution in [0, 0.1) is 0 Å². The Hall–Kier alpha value is -2.54. The van der Waals surface area contributed by atoms with Gasteiger partial charge in [0.2, 0.25) is 10.0 Å². The summed E-state index contributed by atoms with van der Waals surface area (Å²) in [5.74, 6) is 0.419. The number of benzene rings is 2. The van der Waals surface area contributed by atoms with E-state index in [1.54, 1.807) is 48.5 Å². The zero-order chi connectivity index (χ0) is 17.7. The first-order valence-electron chi connectivity index (χ1n) is 7.39. The van der Waals surface area contributed by atoms with E-state index >= 15 is 0 Å². The van der Waals surface area contributed by atoms with Gasteiger partial charge in [0.25, 0.3) is 5.91 Å². The zero-order valence-corrected chi connectivity index (χ0v) is 14.6. The van der Waals surface area contributed by atoms with E-state index in [2.05, 4.69) is 5.32 Å². The number of rotatable bonds is 6. The molecule has 7 heteroatoms. The number of carbonyl (C=O) groups excluding carboxylic acids is 1. The minimum absolute atomic E-state index is 0.280. The van der Waals surface area contributed by atoms with Crippen LogP contribution in [-0.4, -0.2) is 34.2 Å². The Morgan fingerprint density at radius 2 is 1.83 bits per heavy atom. The third-order valence-electron chi connectivity index (χ3n) is 3.39. The fourth-order valence-electron chi connectivity index (χ4n) is 2.04. The predicted molar refractivity (Wildman–Crippen MR) is 95.3 cm³/mol. The van der Waals surface area contributed by atoms with Crippen LogP contribution in [0.5, 0.6) is 5.75 Å². The van der Waals surface area contributed by atoms with Gasteiger partial charge in [0.1, 0.15) is 5.75 Å². The molecule has 0 saturated heterocycles. The van der Waals surface area contributed by atoms with Crippen LogP contribution >= 0.6 is 0 Å². The molecule has 6 nitrogen and oxygen atoms in total. The number of amides is 1. The number of hydrogen-bond donors (Lipinski definition) is 1. The molecule has 1 N–H and O–H groups in total. The van der Waals surface area contributed by atoms with Gasteiger partial charge in [-0.05, 0) is 49.4 Å². The van der Waals surface area contributed by atoms with E-state index in [4.69, 9.17) is 4.74 Å². The van der Waals surface area contributed by atoms with Gasteiger partial charge in [-0.3, -0.25) is 9.10 Å². The van der Waals surface area contributed by atoms with E-state index in [1.165, 1.54) is 7.05 Å². The number of anilines is 2. The highest BCUT2D eigenvalue weighted by Gasteiger charge is 2.13. The summed E-state index contributed by atoms with van der Waals surface area (Å²) in [7, 11) is -1.90. The van der Waals surface area contributed by atoms with Crippen LogP contribution < -0.4 is 14.4 Å². The number of ether oxygens (including phenoxy) is 1. The molecule has 2 aromatic carbocycles. The van der Waals surface area contributed by atoms with Crippen molar-refractivity contribution in [3.63, 3.8) is 0 Å². The van der Waals surface area contributed by atoms with Gasteiger partial charge in [-0.2, -0.15) is 0 Å². The zero-order valence-electron chi connectivity index (χ0n) is 13.8. The number of nitrogens with one attached hydrogen (secondary N) is 1. The predicted octanol–water partition coefficient (Wildman–Crippen LogP) is 2.73. The molecule has 0 aliphatic heterocycles. The molecule has 0 fully saturated rings. The minimum Gasteiger partial charge on any atom is -0.494 e. The quantitative estimate of drug-likeness (QED) is 0.871. The first-order chi connectivity index (χ1) is 11.3. The molecular formula is C17H20N2O4S. The molecule has 0 aromatic heterocycles. The maximum absolute atomic E-state index is 12.3. The molecule has 0 unspecified atom stereocenters. The molecule has 0 saturated carbocycles. The first-order valence-corrected chi connectivity index (χ1v) is 9.24. The maximum atomic E-state index is 12.3. The molecule has 128 valence electrons. The van der Waals surface area contributed by atoms with Crippen molar-refractivity contribution in [1.82, 2.24) is 0 Å². The van der Waals surface area contributed by atoms with Crippen LogP contribution in [0.15, 0.2) is 48.5 Å². The highest BCUT2D eigenvalue weighted by atomic mass is 32.2. The normalized spacial score (nSPS) is 11.0. The Balaban J connectivity index is 2.14. The number of sulfonamides is 1. The Morgan fingerprint density at radius 3 is 2.42 bits per heavy atom.